The Morgan fingerprint density at radius 2 is 1.71 bits per heavy atom. The molecule has 0 aliphatic rings. The van der Waals surface area contributed by atoms with Crippen LogP contribution in [0.3, 0.4) is 0 Å². The molecule has 2 aromatic rings. The molecule has 0 aliphatic carbocycles. The fourth-order valence-corrected chi connectivity index (χ4v) is 2.71. The molecular formula is C15H16IN. The van der Waals surface area contributed by atoms with E-state index in [2.05, 4.69) is 83.4 Å². The zero-order valence-corrected chi connectivity index (χ0v) is 12.2. The molecule has 0 aliphatic heterocycles. The van der Waals surface area contributed by atoms with Gasteiger partial charge < -0.3 is 5.32 Å². The van der Waals surface area contributed by atoms with Crippen LogP contribution in [0, 0.1) is 10.5 Å². The Morgan fingerprint density at radius 3 is 2.35 bits per heavy atom. The molecule has 0 aromatic heterocycles. The van der Waals surface area contributed by atoms with E-state index < -0.39 is 0 Å². The van der Waals surface area contributed by atoms with Crippen LogP contribution in [-0.2, 0) is 0 Å². The predicted octanol–water partition coefficient (Wildman–Crippen LogP) is 3.91. The number of hydrogen-bond donors (Lipinski definition) is 1. The lowest BCUT2D eigenvalue weighted by Crippen LogP contribution is -2.18. The quantitative estimate of drug-likeness (QED) is 0.838. The summed E-state index contributed by atoms with van der Waals surface area (Å²) < 4.78 is 1.34. The molecule has 0 saturated heterocycles. The van der Waals surface area contributed by atoms with E-state index in [0.717, 1.165) is 0 Å². The first kappa shape index (κ1) is 12.6. The summed E-state index contributed by atoms with van der Waals surface area (Å²) >= 11 is 2.43. The Hall–Kier alpha value is -0.870. The van der Waals surface area contributed by atoms with Crippen molar-refractivity contribution in [1.29, 1.82) is 0 Å². The molecule has 1 atom stereocenters. The zero-order chi connectivity index (χ0) is 12.3. The topological polar surface area (TPSA) is 12.0 Å². The zero-order valence-electron chi connectivity index (χ0n) is 10.1. The van der Waals surface area contributed by atoms with Gasteiger partial charge in [0.15, 0.2) is 0 Å². The average molecular weight is 337 g/mol. The third kappa shape index (κ3) is 2.69. The van der Waals surface area contributed by atoms with Crippen LogP contribution in [0.2, 0.25) is 0 Å². The van der Waals surface area contributed by atoms with Gasteiger partial charge in [-0.2, -0.15) is 0 Å². The van der Waals surface area contributed by atoms with Gasteiger partial charge in [-0.25, -0.2) is 0 Å². The van der Waals surface area contributed by atoms with Crippen LogP contribution >= 0.6 is 22.6 Å². The van der Waals surface area contributed by atoms with E-state index in [0.29, 0.717) is 0 Å². The van der Waals surface area contributed by atoms with Crippen molar-refractivity contribution in [3.8, 4) is 0 Å². The van der Waals surface area contributed by atoms with E-state index in [-0.39, 0.29) is 6.04 Å². The van der Waals surface area contributed by atoms with E-state index in [1.54, 1.807) is 0 Å². The summed E-state index contributed by atoms with van der Waals surface area (Å²) in [7, 11) is 2.01. The van der Waals surface area contributed by atoms with Crippen molar-refractivity contribution in [3.05, 3.63) is 68.8 Å². The summed E-state index contributed by atoms with van der Waals surface area (Å²) in [5.41, 5.74) is 3.98. The highest BCUT2D eigenvalue weighted by atomic mass is 127. The van der Waals surface area contributed by atoms with Crippen LogP contribution in [0.1, 0.15) is 22.7 Å². The Kier molecular flexibility index (Phi) is 4.18. The van der Waals surface area contributed by atoms with Gasteiger partial charge in [-0.05, 0) is 53.3 Å². The van der Waals surface area contributed by atoms with Crippen LogP contribution in [0.15, 0.2) is 48.5 Å². The lowest BCUT2D eigenvalue weighted by molar-refractivity contribution is 0.688. The largest absolute Gasteiger partial charge is 0.309 e. The van der Waals surface area contributed by atoms with Crippen molar-refractivity contribution < 1.29 is 0 Å². The van der Waals surface area contributed by atoms with Crippen LogP contribution in [0.5, 0.6) is 0 Å². The van der Waals surface area contributed by atoms with Gasteiger partial charge in [-0.3, -0.25) is 0 Å². The number of nitrogens with one attached hydrogen (secondary N) is 1. The highest BCUT2D eigenvalue weighted by Gasteiger charge is 2.14. The van der Waals surface area contributed by atoms with E-state index in [1.807, 2.05) is 7.05 Å². The van der Waals surface area contributed by atoms with E-state index in [4.69, 9.17) is 0 Å². The Morgan fingerprint density at radius 1 is 1.00 bits per heavy atom. The van der Waals surface area contributed by atoms with Crippen molar-refractivity contribution in [2.45, 2.75) is 13.0 Å². The third-order valence-corrected chi connectivity index (χ3v) is 4.43. The van der Waals surface area contributed by atoms with Gasteiger partial charge in [0.25, 0.3) is 0 Å². The molecule has 1 N–H and O–H groups in total. The van der Waals surface area contributed by atoms with Crippen molar-refractivity contribution in [1.82, 2.24) is 5.32 Å². The summed E-state index contributed by atoms with van der Waals surface area (Å²) in [6, 6.07) is 17.3. The van der Waals surface area contributed by atoms with Crippen LogP contribution in [0.25, 0.3) is 0 Å². The molecule has 0 heterocycles. The molecular weight excluding hydrogens is 321 g/mol. The Bertz CT molecular complexity index is 494. The molecule has 0 bridgehead atoms. The lowest BCUT2D eigenvalue weighted by atomic mass is 9.97. The smallest absolute Gasteiger partial charge is 0.0584 e. The maximum atomic E-state index is 3.40. The SMILES string of the molecule is CNC(c1ccccc1)c1cccc(C)c1I. The highest BCUT2D eigenvalue weighted by Crippen LogP contribution is 2.27. The molecule has 1 nitrogen and oxygen atoms in total. The van der Waals surface area contributed by atoms with Crippen LogP contribution in [-0.4, -0.2) is 7.05 Å². The summed E-state index contributed by atoms with van der Waals surface area (Å²) in [5.74, 6) is 0. The predicted molar refractivity (Wildman–Crippen MR) is 81.2 cm³/mol. The normalized spacial score (nSPS) is 12.4. The fourth-order valence-electron chi connectivity index (χ4n) is 2.04. The number of aryl methyl sites for hydroxylation is 1. The molecule has 2 heteroatoms. The first-order valence-corrected chi connectivity index (χ1v) is 6.79. The molecule has 0 radical (unpaired) electrons. The fraction of sp³-hybridized carbons (Fsp3) is 0.200. The molecule has 2 aromatic carbocycles. The third-order valence-electron chi connectivity index (χ3n) is 2.95. The number of hydrogen-bond acceptors (Lipinski definition) is 1. The number of rotatable bonds is 3. The van der Waals surface area contributed by atoms with E-state index >= 15 is 0 Å². The second-order valence-electron chi connectivity index (χ2n) is 4.11. The Labute approximate surface area is 116 Å². The molecule has 0 fully saturated rings. The second kappa shape index (κ2) is 5.65. The molecule has 17 heavy (non-hydrogen) atoms. The highest BCUT2D eigenvalue weighted by molar-refractivity contribution is 14.1. The summed E-state index contributed by atoms with van der Waals surface area (Å²) in [6.45, 7) is 2.16. The minimum absolute atomic E-state index is 0.267. The summed E-state index contributed by atoms with van der Waals surface area (Å²) in [6.07, 6.45) is 0. The van der Waals surface area contributed by atoms with Crippen LogP contribution in [0.4, 0.5) is 0 Å². The van der Waals surface area contributed by atoms with Gasteiger partial charge in [0, 0.05) is 3.57 Å². The van der Waals surface area contributed by atoms with Crippen molar-refractivity contribution in [2.24, 2.45) is 0 Å². The van der Waals surface area contributed by atoms with Gasteiger partial charge >= 0.3 is 0 Å². The Balaban J connectivity index is 2.46. The standard InChI is InChI=1S/C15H16IN/c1-11-7-6-10-13(14(11)16)15(17-2)12-8-4-3-5-9-12/h3-10,15,17H,1-2H3. The van der Waals surface area contributed by atoms with Crippen LogP contribution < -0.4 is 5.32 Å². The second-order valence-corrected chi connectivity index (χ2v) is 5.19. The maximum Gasteiger partial charge on any atom is 0.0584 e. The molecule has 0 amide bonds. The van der Waals surface area contributed by atoms with Crippen molar-refractivity contribution >= 4 is 22.6 Å². The summed E-state index contributed by atoms with van der Waals surface area (Å²) in [5, 5.41) is 3.40. The van der Waals surface area contributed by atoms with Gasteiger partial charge in [0.1, 0.15) is 0 Å². The van der Waals surface area contributed by atoms with Gasteiger partial charge in [-0.1, -0.05) is 48.5 Å². The molecule has 0 spiro atoms. The maximum absolute atomic E-state index is 3.40. The summed E-state index contributed by atoms with van der Waals surface area (Å²) in [4.78, 5) is 0. The molecule has 2 rings (SSSR count). The van der Waals surface area contributed by atoms with Gasteiger partial charge in [-0.15, -0.1) is 0 Å². The number of benzene rings is 2. The van der Waals surface area contributed by atoms with Crippen molar-refractivity contribution in [2.75, 3.05) is 7.05 Å². The van der Waals surface area contributed by atoms with Gasteiger partial charge in [0.05, 0.1) is 6.04 Å². The van der Waals surface area contributed by atoms with Gasteiger partial charge in [0.2, 0.25) is 0 Å². The number of halogens is 1. The molecule has 88 valence electrons. The first-order chi connectivity index (χ1) is 8.24. The molecule has 1 unspecified atom stereocenters. The first-order valence-electron chi connectivity index (χ1n) is 5.71. The minimum Gasteiger partial charge on any atom is -0.309 e. The van der Waals surface area contributed by atoms with E-state index in [1.165, 1.54) is 20.3 Å². The molecule has 0 saturated carbocycles. The van der Waals surface area contributed by atoms with Crippen molar-refractivity contribution in [3.63, 3.8) is 0 Å². The monoisotopic (exact) mass is 337 g/mol. The average Bonchev–Trinajstić information content (AvgIpc) is 2.37. The van der Waals surface area contributed by atoms with E-state index in [9.17, 15) is 0 Å². The minimum atomic E-state index is 0.267. The lowest BCUT2D eigenvalue weighted by Gasteiger charge is -2.19.